The summed E-state index contributed by atoms with van der Waals surface area (Å²) in [5.74, 6) is -0.218. The third-order valence-corrected chi connectivity index (χ3v) is 8.30. The molecule has 1 amide bonds. The van der Waals surface area contributed by atoms with Crippen molar-refractivity contribution < 1.29 is 9.59 Å². The summed E-state index contributed by atoms with van der Waals surface area (Å²) in [6.45, 7) is 11.5. The third-order valence-electron chi connectivity index (χ3n) is 8.30. The predicted molar refractivity (Wildman–Crippen MR) is 164 cm³/mol. The van der Waals surface area contributed by atoms with E-state index in [1.807, 2.05) is 62.4 Å². The number of amides is 1. The molecule has 1 spiro atoms. The highest BCUT2D eigenvalue weighted by Gasteiger charge is 2.65. The van der Waals surface area contributed by atoms with Crippen molar-refractivity contribution in [3.8, 4) is 0 Å². The summed E-state index contributed by atoms with van der Waals surface area (Å²) in [4.78, 5) is 51.5. The van der Waals surface area contributed by atoms with Crippen molar-refractivity contribution in [2.24, 2.45) is 13.0 Å². The van der Waals surface area contributed by atoms with Gasteiger partial charge in [-0.2, -0.15) is 0 Å². The number of likely N-dealkylation sites (tertiary alicyclic amines) is 1. The summed E-state index contributed by atoms with van der Waals surface area (Å²) < 4.78 is 1.17. The molecule has 0 bridgehead atoms. The van der Waals surface area contributed by atoms with Crippen LogP contribution in [-0.2, 0) is 23.7 Å². The lowest BCUT2D eigenvalue weighted by atomic mass is 9.67. The minimum Gasteiger partial charge on any atom is -0.318 e. The van der Waals surface area contributed by atoms with Crippen molar-refractivity contribution in [3.05, 3.63) is 129 Å². The molecular weight excluding hydrogens is 512 g/mol. The topological polar surface area (TPSA) is 76.5 Å². The van der Waals surface area contributed by atoms with E-state index in [9.17, 15) is 19.2 Å². The van der Waals surface area contributed by atoms with Gasteiger partial charge in [-0.1, -0.05) is 66.7 Å². The minimum absolute atomic E-state index is 0.0572. The lowest BCUT2D eigenvalue weighted by Crippen LogP contribution is -2.41. The van der Waals surface area contributed by atoms with E-state index in [-0.39, 0.29) is 28.7 Å². The fourth-order valence-electron chi connectivity index (χ4n) is 6.55. The summed E-state index contributed by atoms with van der Waals surface area (Å²) >= 11 is 0. The zero-order valence-electron chi connectivity index (χ0n) is 24.0. The first-order valence-electron chi connectivity index (χ1n) is 13.8. The first-order chi connectivity index (χ1) is 19.5. The average Bonchev–Trinajstić information content (AvgIpc) is 3.31. The van der Waals surface area contributed by atoms with E-state index in [0.29, 0.717) is 16.5 Å². The molecule has 1 saturated heterocycles. The molecular formula is C35H34N2O4. The fraction of sp³-hybridized carbons (Fsp3) is 0.257. The van der Waals surface area contributed by atoms with Gasteiger partial charge in [0, 0.05) is 36.1 Å². The van der Waals surface area contributed by atoms with Crippen molar-refractivity contribution in [1.82, 2.24) is 9.47 Å². The molecule has 1 aromatic heterocycles. The van der Waals surface area contributed by atoms with Crippen LogP contribution >= 0.6 is 0 Å². The number of rotatable bonds is 0. The number of allylic oxidation sites excluding steroid dienone is 2. The molecule has 2 heterocycles. The number of aryl methyl sites for hydroxylation is 1. The molecule has 1 fully saturated rings. The summed E-state index contributed by atoms with van der Waals surface area (Å²) in [6.07, 6.45) is 2.71. The number of carbonyl (C=O) groups excluding carboxylic acids is 2. The van der Waals surface area contributed by atoms with Crippen LogP contribution in [0.3, 0.4) is 0 Å². The van der Waals surface area contributed by atoms with Gasteiger partial charge in [0.25, 0.3) is 11.1 Å². The van der Waals surface area contributed by atoms with Crippen molar-refractivity contribution in [2.75, 3.05) is 7.05 Å². The number of nitrogens with zero attached hydrogens (tertiary/aromatic N) is 2. The maximum Gasteiger partial charge on any atom is 0.261 e. The molecule has 3 aliphatic rings. The van der Waals surface area contributed by atoms with E-state index < -0.39 is 5.41 Å². The molecule has 6 heteroatoms. The predicted octanol–water partition coefficient (Wildman–Crippen LogP) is 5.69. The molecule has 2 unspecified atom stereocenters. The van der Waals surface area contributed by atoms with Gasteiger partial charge in [-0.25, -0.2) is 0 Å². The fourth-order valence-corrected chi connectivity index (χ4v) is 6.55. The highest BCUT2D eigenvalue weighted by molar-refractivity contribution is 6.15. The summed E-state index contributed by atoms with van der Waals surface area (Å²) in [7, 11) is 3.26. The van der Waals surface area contributed by atoms with Crippen LogP contribution in [-0.4, -0.2) is 28.2 Å². The number of aromatic nitrogens is 1. The second kappa shape index (κ2) is 10.4. The maximum atomic E-state index is 12.8. The highest BCUT2D eigenvalue weighted by atomic mass is 16.2. The molecule has 2 aliphatic carbocycles. The Kier molecular flexibility index (Phi) is 7.12. The average molecular weight is 547 g/mol. The zero-order chi connectivity index (χ0) is 29.6. The third kappa shape index (κ3) is 4.26. The Morgan fingerprint density at radius 3 is 1.85 bits per heavy atom. The molecule has 41 heavy (non-hydrogen) atoms. The van der Waals surface area contributed by atoms with Gasteiger partial charge in [-0.3, -0.25) is 23.7 Å². The number of Topliss-reactive ketones (excluding diaryl/α,β-unsaturated/α-hetero) is 1. The smallest absolute Gasteiger partial charge is 0.261 e. The summed E-state index contributed by atoms with van der Waals surface area (Å²) in [5.41, 5.74) is 3.62. The second-order valence-electron chi connectivity index (χ2n) is 11.3. The van der Waals surface area contributed by atoms with Crippen molar-refractivity contribution in [2.45, 2.75) is 38.5 Å². The molecule has 0 saturated carbocycles. The van der Waals surface area contributed by atoms with E-state index in [1.54, 1.807) is 24.1 Å². The molecule has 2 atom stereocenters. The summed E-state index contributed by atoms with van der Waals surface area (Å²) in [5, 5.41) is 2.77. The first-order valence-corrected chi connectivity index (χ1v) is 13.8. The van der Waals surface area contributed by atoms with Gasteiger partial charge in [-0.15, -0.1) is 6.58 Å². The molecule has 1 aliphatic heterocycles. The maximum absolute atomic E-state index is 12.8. The van der Waals surface area contributed by atoms with Gasteiger partial charge < -0.3 is 4.90 Å². The molecule has 7 rings (SSSR count). The Morgan fingerprint density at radius 2 is 1.32 bits per heavy atom. The van der Waals surface area contributed by atoms with Crippen molar-refractivity contribution >= 4 is 33.2 Å². The molecule has 4 aromatic rings. The number of likely N-dealkylation sites (N-methyl/N-ethyl adjacent to an activating group) is 1. The first kappa shape index (κ1) is 28.0. The lowest BCUT2D eigenvalue weighted by Gasteiger charge is -2.32. The Bertz CT molecular complexity index is 1820. The van der Waals surface area contributed by atoms with Gasteiger partial charge in [0.1, 0.15) is 0 Å². The molecule has 3 aromatic carbocycles. The SMILES string of the molecule is C=C(C)C.C=C1C2C(=O)c3cccc4c3C2(CCC4)C(=O)N1C.Cn1c(=O)c2ccccc2c2ccccc2c1=O. The monoisotopic (exact) mass is 546 g/mol. The number of fused-ring (bicyclic) bond motifs is 3. The van der Waals surface area contributed by atoms with Crippen molar-refractivity contribution in [1.29, 1.82) is 0 Å². The number of hydrogen-bond acceptors (Lipinski definition) is 4. The molecule has 0 radical (unpaired) electrons. The van der Waals surface area contributed by atoms with Crippen LogP contribution < -0.4 is 11.1 Å². The van der Waals surface area contributed by atoms with Crippen LogP contribution in [0.1, 0.15) is 48.2 Å². The van der Waals surface area contributed by atoms with Gasteiger partial charge in [-0.05, 0) is 67.1 Å². The van der Waals surface area contributed by atoms with E-state index >= 15 is 0 Å². The van der Waals surface area contributed by atoms with Crippen LogP contribution in [0.4, 0.5) is 0 Å². The Morgan fingerprint density at radius 1 is 0.805 bits per heavy atom. The van der Waals surface area contributed by atoms with Crippen LogP contribution in [0.5, 0.6) is 0 Å². The highest BCUT2D eigenvalue weighted by Crippen LogP contribution is 2.57. The summed E-state index contributed by atoms with van der Waals surface area (Å²) in [6, 6.07) is 20.5. The Balaban J connectivity index is 0.000000146. The normalized spacial score (nSPS) is 20.1. The largest absolute Gasteiger partial charge is 0.318 e. The van der Waals surface area contributed by atoms with Gasteiger partial charge in [0.05, 0.1) is 11.3 Å². The molecule has 208 valence electrons. The number of hydrogen-bond donors (Lipinski definition) is 0. The standard InChI is InChI=1S/C16H15NO2.C15H11NO2.C4H8/c1-9-12-14(18)11-7-3-5-10-6-4-8-16(12,13(10)11)15(19)17(9)2;1-16-14(17)12-8-4-2-6-10(12)11-7-3-5-9-13(11)15(16)18;1-4(2)3/h3,5,7,12H,1,4,6,8H2,2H3;2-9H,1H3;1H2,2-3H3. The zero-order valence-corrected chi connectivity index (χ0v) is 24.0. The van der Waals surface area contributed by atoms with Gasteiger partial charge >= 0.3 is 0 Å². The minimum atomic E-state index is -0.632. The van der Waals surface area contributed by atoms with Crippen LogP contribution in [0.15, 0.2) is 101 Å². The van der Waals surface area contributed by atoms with E-state index in [4.69, 9.17) is 0 Å². The number of carbonyl (C=O) groups is 2. The van der Waals surface area contributed by atoms with Gasteiger partial charge in [0.15, 0.2) is 5.78 Å². The quantitative estimate of drug-likeness (QED) is 0.266. The van der Waals surface area contributed by atoms with Crippen LogP contribution in [0.2, 0.25) is 0 Å². The van der Waals surface area contributed by atoms with Crippen LogP contribution in [0, 0.1) is 5.92 Å². The van der Waals surface area contributed by atoms with E-state index in [2.05, 4.69) is 19.2 Å². The lowest BCUT2D eigenvalue weighted by molar-refractivity contribution is -0.131. The Labute approximate surface area is 239 Å². The number of benzene rings is 3. The van der Waals surface area contributed by atoms with Crippen molar-refractivity contribution in [3.63, 3.8) is 0 Å². The molecule has 6 nitrogen and oxygen atoms in total. The van der Waals surface area contributed by atoms with Crippen LogP contribution in [0.25, 0.3) is 21.5 Å². The second-order valence-corrected chi connectivity index (χ2v) is 11.3. The molecule has 0 N–H and O–H groups in total. The Hall–Kier alpha value is -4.58. The van der Waals surface area contributed by atoms with Gasteiger partial charge in [0.2, 0.25) is 5.91 Å². The van der Waals surface area contributed by atoms with E-state index in [1.165, 1.54) is 22.8 Å². The van der Waals surface area contributed by atoms with E-state index in [0.717, 1.165) is 41.2 Å². The number of ketones is 1.